The Hall–Kier alpha value is -0.0230. The van der Waals surface area contributed by atoms with E-state index in [1.54, 1.807) is 5.17 Å². The van der Waals surface area contributed by atoms with Crippen LogP contribution in [0.5, 0.6) is 0 Å². The molecule has 3 aliphatic carbocycles. The van der Waals surface area contributed by atoms with Crippen molar-refractivity contribution in [3.63, 3.8) is 0 Å². The number of allylic oxidation sites excluding steroid dienone is 12. The van der Waals surface area contributed by atoms with Gasteiger partial charge in [0.15, 0.2) is 0 Å². The van der Waals surface area contributed by atoms with E-state index in [-0.39, 0.29) is 0 Å². The molecule has 4 heteroatoms. The van der Waals surface area contributed by atoms with E-state index < -0.39 is 27.5 Å². The Labute approximate surface area is 175 Å². The summed E-state index contributed by atoms with van der Waals surface area (Å²) in [5.74, 6) is 0.447. The molecule has 1 atom stereocenters. The normalized spacial score (nSPS) is 22.3. The van der Waals surface area contributed by atoms with Gasteiger partial charge in [-0.15, -0.1) is 0 Å². The third-order valence-electron chi connectivity index (χ3n) is 5.60. The molecule has 137 valence electrons. The quantitative estimate of drug-likeness (QED) is 0.315. The van der Waals surface area contributed by atoms with Crippen LogP contribution in [0.4, 0.5) is 0 Å². The van der Waals surface area contributed by atoms with Crippen LogP contribution in [0.1, 0.15) is 40.0 Å². The molecule has 0 bridgehead atoms. The molecule has 0 amide bonds. The van der Waals surface area contributed by atoms with Crippen molar-refractivity contribution in [1.82, 2.24) is 0 Å². The second kappa shape index (κ2) is 8.55. The van der Waals surface area contributed by atoms with Crippen LogP contribution >= 0.6 is 17.2 Å². The van der Waals surface area contributed by atoms with E-state index in [2.05, 4.69) is 64.2 Å². The van der Waals surface area contributed by atoms with E-state index in [9.17, 15) is 0 Å². The molecular formula is C22H27Cl2HfSi. The van der Waals surface area contributed by atoms with Gasteiger partial charge in [0.2, 0.25) is 0 Å². The van der Waals surface area contributed by atoms with Crippen LogP contribution < -0.4 is 0 Å². The summed E-state index contributed by atoms with van der Waals surface area (Å²) >= 11 is -2.75. The molecule has 0 heterocycles. The van der Waals surface area contributed by atoms with Crippen molar-refractivity contribution in [1.29, 1.82) is 0 Å². The maximum absolute atomic E-state index is 6.74. The average molecular weight is 569 g/mol. The summed E-state index contributed by atoms with van der Waals surface area (Å²) in [7, 11) is 13.0. The first-order valence-electron chi connectivity index (χ1n) is 9.47. The van der Waals surface area contributed by atoms with Gasteiger partial charge >= 0.3 is 176 Å². The molecule has 0 aromatic heterocycles. The fraction of sp³-hybridized carbons (Fsp3) is 0.409. The van der Waals surface area contributed by atoms with Gasteiger partial charge in [-0.2, -0.15) is 0 Å². The van der Waals surface area contributed by atoms with Crippen molar-refractivity contribution < 1.29 is 19.1 Å². The minimum absolute atomic E-state index is 0.447. The molecule has 0 N–H and O–H groups in total. The zero-order valence-electron chi connectivity index (χ0n) is 16.3. The van der Waals surface area contributed by atoms with Crippen molar-refractivity contribution in [2.24, 2.45) is 5.92 Å². The molecule has 1 unspecified atom stereocenters. The van der Waals surface area contributed by atoms with Crippen LogP contribution in [0.25, 0.3) is 0 Å². The summed E-state index contributed by atoms with van der Waals surface area (Å²) in [5.41, 5.74) is 8.75. The first kappa shape index (κ1) is 20.7. The molecule has 3 aliphatic rings. The Balaban J connectivity index is 2.33. The van der Waals surface area contributed by atoms with Crippen LogP contribution in [0.3, 0.4) is 0 Å². The molecule has 0 spiro atoms. The molecule has 0 radical (unpaired) electrons. The van der Waals surface area contributed by atoms with Crippen molar-refractivity contribution in [3.8, 4) is 0 Å². The third kappa shape index (κ3) is 3.64. The first-order valence-corrected chi connectivity index (χ1v) is 22.7. The molecule has 0 aromatic rings. The fourth-order valence-corrected chi connectivity index (χ4v) is 12.7. The zero-order valence-corrected chi connectivity index (χ0v) is 22.4. The van der Waals surface area contributed by atoms with Gasteiger partial charge in [-0.05, 0) is 0 Å². The third-order valence-corrected chi connectivity index (χ3v) is 13.9. The molecule has 0 aliphatic heterocycles. The van der Waals surface area contributed by atoms with Crippen LogP contribution in [0.2, 0.25) is 13.1 Å². The van der Waals surface area contributed by atoms with Gasteiger partial charge in [0.05, 0.1) is 0 Å². The van der Waals surface area contributed by atoms with Gasteiger partial charge in [0.25, 0.3) is 0 Å². The molecule has 0 nitrogen and oxygen atoms in total. The second-order valence-electron chi connectivity index (χ2n) is 7.54. The van der Waals surface area contributed by atoms with E-state index in [1.165, 1.54) is 36.8 Å². The number of fused-ring (bicyclic) bond motifs is 1. The Morgan fingerprint density at radius 1 is 1.23 bits per heavy atom. The number of halogens is 2. The standard InChI is InChI=1S/C22H27Si.2ClH.Hf/c1-6-9-17-14-18-11-8-13-20(23(4)5)16(3)21(18)22(17)19-12-7-10-15(19)2;;;/h7-8,10-11,13,16H,6,9,12H2,1-5H3;2*1H;/q;;;+2/p-2. The zero-order chi connectivity index (χ0) is 19.0. The van der Waals surface area contributed by atoms with E-state index in [0.29, 0.717) is 5.92 Å². The predicted molar refractivity (Wildman–Crippen MR) is 116 cm³/mol. The summed E-state index contributed by atoms with van der Waals surface area (Å²) in [4.78, 5) is 0. The van der Waals surface area contributed by atoms with Crippen LogP contribution in [-0.2, 0) is 19.1 Å². The molecule has 0 fully saturated rings. The number of rotatable bonds is 4. The molecule has 3 rings (SSSR count). The summed E-state index contributed by atoms with van der Waals surface area (Å²) < 4.78 is 1.36. The SMILES string of the molecule is CCCC1=[C]([Hf]([Cl])[Cl])C2=CC=CC(=[Si](C)C)C(C)C2=C1C1=C(C)C=CC1. The predicted octanol–water partition coefficient (Wildman–Crippen LogP) is 7.19. The van der Waals surface area contributed by atoms with Crippen LogP contribution in [-0.4, -0.2) is 13.6 Å². The van der Waals surface area contributed by atoms with Crippen molar-refractivity contribution >= 4 is 30.7 Å². The van der Waals surface area contributed by atoms with Crippen molar-refractivity contribution in [2.45, 2.75) is 53.1 Å². The Morgan fingerprint density at radius 2 is 1.96 bits per heavy atom. The molecule has 0 saturated heterocycles. The summed E-state index contributed by atoms with van der Waals surface area (Å²) in [5, 5.41) is 1.60. The fourth-order valence-electron chi connectivity index (χ4n) is 4.46. The van der Waals surface area contributed by atoms with Gasteiger partial charge in [0.1, 0.15) is 0 Å². The summed E-state index contributed by atoms with van der Waals surface area (Å²) in [6.45, 7) is 11.7. The van der Waals surface area contributed by atoms with Gasteiger partial charge in [-0.25, -0.2) is 0 Å². The van der Waals surface area contributed by atoms with E-state index >= 15 is 0 Å². The molecule has 0 aromatic carbocycles. The Kier molecular flexibility index (Phi) is 6.81. The topological polar surface area (TPSA) is 0 Å². The van der Waals surface area contributed by atoms with Crippen molar-refractivity contribution in [3.05, 3.63) is 67.1 Å². The molecule has 0 saturated carbocycles. The van der Waals surface area contributed by atoms with E-state index in [1.807, 2.05) is 0 Å². The number of hydrogen-bond donors (Lipinski definition) is 0. The second-order valence-corrected chi connectivity index (χ2v) is 21.6. The molecular weight excluding hydrogens is 542 g/mol. The minimum atomic E-state index is -2.75. The molecule has 26 heavy (non-hydrogen) atoms. The monoisotopic (exact) mass is 569 g/mol. The Bertz CT molecular complexity index is 843. The van der Waals surface area contributed by atoms with Crippen LogP contribution in [0, 0.1) is 5.92 Å². The van der Waals surface area contributed by atoms with Gasteiger partial charge < -0.3 is 0 Å². The summed E-state index contributed by atoms with van der Waals surface area (Å²) in [6, 6.07) is 0. The van der Waals surface area contributed by atoms with Gasteiger partial charge in [-0.3, -0.25) is 0 Å². The van der Waals surface area contributed by atoms with E-state index in [0.717, 1.165) is 19.3 Å². The maximum atomic E-state index is 6.74. The summed E-state index contributed by atoms with van der Waals surface area (Å²) in [6.07, 6.45) is 14.7. The van der Waals surface area contributed by atoms with Crippen molar-refractivity contribution in [2.75, 3.05) is 0 Å². The van der Waals surface area contributed by atoms with Gasteiger partial charge in [0, 0.05) is 0 Å². The van der Waals surface area contributed by atoms with E-state index in [4.69, 9.17) is 17.2 Å². The van der Waals surface area contributed by atoms with Gasteiger partial charge in [-0.1, -0.05) is 0 Å². The van der Waals surface area contributed by atoms with Crippen LogP contribution in [0.15, 0.2) is 67.1 Å². The Morgan fingerprint density at radius 3 is 2.50 bits per heavy atom. The average Bonchev–Trinajstić information content (AvgIpc) is 3.06. The first-order chi connectivity index (χ1) is 12.4. The number of hydrogen-bond acceptors (Lipinski definition) is 0.